The molecule has 0 atom stereocenters. The topological polar surface area (TPSA) is 60.2 Å². The zero-order valence-corrected chi connectivity index (χ0v) is 8.23. The van der Waals surface area contributed by atoms with Gasteiger partial charge in [-0.2, -0.15) is 0 Å². The monoisotopic (exact) mass is 217 g/mol. The lowest BCUT2D eigenvalue weighted by Gasteiger charge is -1.99. The largest absolute Gasteiger partial charge is 0.398 e. The fourth-order valence-electron chi connectivity index (χ4n) is 1.22. The summed E-state index contributed by atoms with van der Waals surface area (Å²) >= 11 is 0. The highest BCUT2D eigenvalue weighted by molar-refractivity contribution is 7.94. The van der Waals surface area contributed by atoms with Gasteiger partial charge in [0, 0.05) is 16.7 Å². The van der Waals surface area contributed by atoms with E-state index in [1.54, 1.807) is 18.2 Å². The van der Waals surface area contributed by atoms with Gasteiger partial charge in [-0.25, -0.2) is 8.42 Å². The second kappa shape index (κ2) is 3.05. The molecule has 0 radical (unpaired) electrons. The number of benzene rings is 1. The number of sulfone groups is 1. The van der Waals surface area contributed by atoms with Crippen molar-refractivity contribution in [3.8, 4) is 0 Å². The Morgan fingerprint density at radius 2 is 1.92 bits per heavy atom. The quantitative estimate of drug-likeness (QED) is 0.670. The molecule has 0 saturated heterocycles. The van der Waals surface area contributed by atoms with Gasteiger partial charge < -0.3 is 5.73 Å². The Labute approximate surface area is 82.6 Å². The van der Waals surface area contributed by atoms with Crippen LogP contribution in [0.15, 0.2) is 28.5 Å². The van der Waals surface area contributed by atoms with Crippen LogP contribution in [-0.4, -0.2) is 8.42 Å². The van der Waals surface area contributed by atoms with Gasteiger partial charge in [0.2, 0.25) is 9.84 Å². The summed E-state index contributed by atoms with van der Waals surface area (Å²) in [5.74, 6) is 0. The molecule has 0 saturated carbocycles. The minimum Gasteiger partial charge on any atom is -0.398 e. The van der Waals surface area contributed by atoms with Crippen LogP contribution in [0.3, 0.4) is 0 Å². The van der Waals surface area contributed by atoms with E-state index in [1.165, 1.54) is 11.5 Å². The summed E-state index contributed by atoms with van der Waals surface area (Å²) in [6.45, 7) is 0. The number of rotatable bonds is 0. The maximum absolute atomic E-state index is 11.3. The molecule has 1 aliphatic heterocycles. The van der Waals surface area contributed by atoms with E-state index < -0.39 is 9.84 Å². The second-order valence-corrected chi connectivity index (χ2v) is 4.41. The Hall–Kier alpha value is -1.00. The lowest BCUT2D eigenvalue weighted by atomic mass is 10.2. The molecule has 0 amide bonds. The number of halogens is 1. The van der Waals surface area contributed by atoms with Crippen molar-refractivity contribution in [2.24, 2.45) is 0 Å². The van der Waals surface area contributed by atoms with Crippen LogP contribution in [0.4, 0.5) is 5.69 Å². The van der Waals surface area contributed by atoms with Crippen LogP contribution in [0.5, 0.6) is 0 Å². The van der Waals surface area contributed by atoms with E-state index in [0.29, 0.717) is 16.1 Å². The summed E-state index contributed by atoms with van der Waals surface area (Å²) in [6.07, 6.45) is 1.53. The molecule has 70 valence electrons. The predicted molar refractivity (Wildman–Crippen MR) is 54.3 cm³/mol. The molecule has 13 heavy (non-hydrogen) atoms. The maximum Gasteiger partial charge on any atom is 0.200 e. The molecule has 1 aromatic carbocycles. The molecule has 1 aromatic rings. The number of nitrogen functional groups attached to an aromatic ring is 1. The van der Waals surface area contributed by atoms with Crippen LogP contribution in [0, 0.1) is 0 Å². The lowest BCUT2D eigenvalue weighted by Crippen LogP contribution is -1.95. The van der Waals surface area contributed by atoms with Gasteiger partial charge >= 0.3 is 0 Å². The van der Waals surface area contributed by atoms with Crippen molar-refractivity contribution >= 4 is 34.0 Å². The number of nitrogens with two attached hydrogens (primary N) is 1. The van der Waals surface area contributed by atoms with Gasteiger partial charge in [0.15, 0.2) is 0 Å². The summed E-state index contributed by atoms with van der Waals surface area (Å²) in [5.41, 5.74) is 6.69. The van der Waals surface area contributed by atoms with Crippen LogP contribution in [0.25, 0.3) is 6.08 Å². The second-order valence-electron chi connectivity index (χ2n) is 2.61. The van der Waals surface area contributed by atoms with E-state index in [9.17, 15) is 8.42 Å². The highest BCUT2D eigenvalue weighted by Crippen LogP contribution is 2.30. The first-order chi connectivity index (χ1) is 5.61. The van der Waals surface area contributed by atoms with Crippen molar-refractivity contribution in [1.29, 1.82) is 0 Å². The van der Waals surface area contributed by atoms with Crippen LogP contribution in [-0.2, 0) is 9.84 Å². The number of hydrogen-bond acceptors (Lipinski definition) is 3. The Bertz CT molecular complexity index is 465. The van der Waals surface area contributed by atoms with Crippen molar-refractivity contribution in [2.45, 2.75) is 4.90 Å². The summed E-state index contributed by atoms with van der Waals surface area (Å²) in [5, 5.41) is 1.17. The predicted octanol–water partition coefficient (Wildman–Crippen LogP) is 1.45. The molecule has 0 aliphatic carbocycles. The van der Waals surface area contributed by atoms with Crippen LogP contribution in [0.1, 0.15) is 5.56 Å². The van der Waals surface area contributed by atoms with Gasteiger partial charge in [0.05, 0.1) is 4.90 Å². The molecule has 1 aliphatic rings. The van der Waals surface area contributed by atoms with E-state index in [2.05, 4.69) is 0 Å². The van der Waals surface area contributed by atoms with Crippen molar-refractivity contribution in [3.63, 3.8) is 0 Å². The first-order valence-electron chi connectivity index (χ1n) is 3.43. The zero-order valence-electron chi connectivity index (χ0n) is 6.60. The SMILES string of the molecule is Cl.Nc1cccc2c1C=CS2(=O)=O. The third-order valence-electron chi connectivity index (χ3n) is 1.82. The summed E-state index contributed by atoms with van der Waals surface area (Å²) < 4.78 is 22.5. The Morgan fingerprint density at radius 3 is 2.54 bits per heavy atom. The summed E-state index contributed by atoms with van der Waals surface area (Å²) in [7, 11) is -3.19. The number of hydrogen-bond donors (Lipinski definition) is 1. The highest BCUT2D eigenvalue weighted by atomic mass is 35.5. The molecule has 0 spiro atoms. The average Bonchev–Trinajstić information content (AvgIpc) is 2.30. The maximum atomic E-state index is 11.3. The molecular formula is C8H8ClNO2S. The molecule has 2 rings (SSSR count). The van der Waals surface area contributed by atoms with Gasteiger partial charge in [0.25, 0.3) is 0 Å². The lowest BCUT2D eigenvalue weighted by molar-refractivity contribution is 0.605. The normalized spacial score (nSPS) is 16.3. The third-order valence-corrected chi connectivity index (χ3v) is 3.28. The van der Waals surface area contributed by atoms with E-state index in [0.717, 1.165) is 0 Å². The molecule has 0 aromatic heterocycles. The van der Waals surface area contributed by atoms with E-state index in [4.69, 9.17) is 5.73 Å². The first-order valence-corrected chi connectivity index (χ1v) is 4.97. The summed E-state index contributed by atoms with van der Waals surface area (Å²) in [6, 6.07) is 4.88. The number of anilines is 1. The molecule has 3 nitrogen and oxygen atoms in total. The fraction of sp³-hybridized carbons (Fsp3) is 0. The average molecular weight is 218 g/mol. The Morgan fingerprint density at radius 1 is 1.23 bits per heavy atom. The van der Waals surface area contributed by atoms with Crippen molar-refractivity contribution < 1.29 is 8.42 Å². The van der Waals surface area contributed by atoms with Crippen LogP contribution in [0.2, 0.25) is 0 Å². The van der Waals surface area contributed by atoms with Crippen molar-refractivity contribution in [2.75, 3.05) is 5.73 Å². The molecule has 0 bridgehead atoms. The fourth-order valence-corrected chi connectivity index (χ4v) is 2.44. The molecular weight excluding hydrogens is 210 g/mol. The smallest absolute Gasteiger partial charge is 0.200 e. The standard InChI is InChI=1S/C8H7NO2S.ClH/c9-7-2-1-3-8-6(7)4-5-12(8,10)11;/h1-5H,9H2;1H. The van der Waals surface area contributed by atoms with Gasteiger partial charge in [0.1, 0.15) is 0 Å². The number of fused-ring (bicyclic) bond motifs is 1. The van der Waals surface area contributed by atoms with Crippen molar-refractivity contribution in [3.05, 3.63) is 29.2 Å². The molecule has 0 fully saturated rings. The van der Waals surface area contributed by atoms with Gasteiger partial charge in [-0.3, -0.25) is 0 Å². The Kier molecular flexibility index (Phi) is 2.36. The van der Waals surface area contributed by atoms with Crippen LogP contribution >= 0.6 is 12.4 Å². The molecule has 2 N–H and O–H groups in total. The van der Waals surface area contributed by atoms with Gasteiger partial charge in [-0.05, 0) is 18.2 Å². The molecule has 5 heteroatoms. The zero-order chi connectivity index (χ0) is 8.77. The Balaban J connectivity index is 0.000000845. The van der Waals surface area contributed by atoms with Gasteiger partial charge in [-0.15, -0.1) is 12.4 Å². The van der Waals surface area contributed by atoms with Crippen LogP contribution < -0.4 is 5.73 Å². The van der Waals surface area contributed by atoms with E-state index >= 15 is 0 Å². The van der Waals surface area contributed by atoms with Gasteiger partial charge in [-0.1, -0.05) is 6.07 Å². The molecule has 0 unspecified atom stereocenters. The van der Waals surface area contributed by atoms with Crippen molar-refractivity contribution in [1.82, 2.24) is 0 Å². The van der Waals surface area contributed by atoms with E-state index in [1.807, 2.05) is 0 Å². The summed E-state index contributed by atoms with van der Waals surface area (Å²) in [4.78, 5) is 0.308. The highest BCUT2D eigenvalue weighted by Gasteiger charge is 2.21. The van der Waals surface area contributed by atoms with E-state index in [-0.39, 0.29) is 12.4 Å². The minimum atomic E-state index is -3.19. The molecule has 1 heterocycles. The minimum absolute atomic E-state index is 0. The first kappa shape index (κ1) is 10.1. The third kappa shape index (κ3) is 1.43.